The van der Waals surface area contributed by atoms with Gasteiger partial charge in [0.1, 0.15) is 0 Å². The Hall–Kier alpha value is -2.90. The molecule has 5 rings (SSSR count). The van der Waals surface area contributed by atoms with Crippen molar-refractivity contribution in [3.63, 3.8) is 0 Å². The zero-order valence-electron chi connectivity index (χ0n) is 17.1. The zero-order chi connectivity index (χ0) is 21.6. The summed E-state index contributed by atoms with van der Waals surface area (Å²) in [4.78, 5) is 13.2. The highest BCUT2D eigenvalue weighted by Crippen LogP contribution is 2.51. The first kappa shape index (κ1) is 20.0. The van der Waals surface area contributed by atoms with Gasteiger partial charge in [0.05, 0.1) is 10.7 Å². The molecular weight excluding hydrogens is 414 g/mol. The van der Waals surface area contributed by atoms with Crippen molar-refractivity contribution >= 4 is 28.2 Å². The van der Waals surface area contributed by atoms with Gasteiger partial charge >= 0.3 is 0 Å². The van der Waals surface area contributed by atoms with Crippen molar-refractivity contribution in [3.05, 3.63) is 71.3 Å². The fourth-order valence-corrected chi connectivity index (χ4v) is 4.65. The Morgan fingerprint density at radius 3 is 2.68 bits per heavy atom. The van der Waals surface area contributed by atoms with Gasteiger partial charge in [-0.2, -0.15) is 0 Å². The molecule has 0 bridgehead atoms. The fourth-order valence-electron chi connectivity index (χ4n) is 4.18. The standard InChI is InChI=1S/C24H23NO5S/c1-15-2-6-18(13-20(15)16-3-7-19(8-4-16)31(27)28)25-23(26)24(10-11-24)17-5-9-21-22(12-17)30-14-29-21/h2-7,9,12-13,19H,8,10-11,14H2,1H3,(H,25,26)(H,27,28). The van der Waals surface area contributed by atoms with Gasteiger partial charge in [0, 0.05) is 5.69 Å². The number of carbonyl (C=O) groups excluding carboxylic acids is 1. The molecule has 1 saturated carbocycles. The third kappa shape index (κ3) is 3.68. The first-order chi connectivity index (χ1) is 15.0. The van der Waals surface area contributed by atoms with E-state index in [1.807, 2.05) is 55.5 Å². The summed E-state index contributed by atoms with van der Waals surface area (Å²) in [7, 11) is 0. The number of carbonyl (C=O) groups is 1. The van der Waals surface area contributed by atoms with Crippen LogP contribution in [0.15, 0.2) is 54.6 Å². The highest BCUT2D eigenvalue weighted by Gasteiger charge is 2.51. The molecule has 1 amide bonds. The Labute approximate surface area is 183 Å². The number of ether oxygens (including phenoxy) is 2. The van der Waals surface area contributed by atoms with Gasteiger partial charge < -0.3 is 19.3 Å². The largest absolute Gasteiger partial charge is 0.454 e. The second kappa shape index (κ2) is 7.66. The Bertz CT molecular complexity index is 1150. The first-order valence-electron chi connectivity index (χ1n) is 10.3. The molecule has 6 nitrogen and oxygen atoms in total. The minimum Gasteiger partial charge on any atom is -0.454 e. The van der Waals surface area contributed by atoms with Gasteiger partial charge in [-0.1, -0.05) is 30.4 Å². The average molecular weight is 438 g/mol. The summed E-state index contributed by atoms with van der Waals surface area (Å²) < 4.78 is 31.4. The van der Waals surface area contributed by atoms with Crippen LogP contribution in [0.2, 0.25) is 0 Å². The minimum absolute atomic E-state index is 0.0231. The number of anilines is 1. The summed E-state index contributed by atoms with van der Waals surface area (Å²) in [5.74, 6) is 1.38. The average Bonchev–Trinajstić information content (AvgIpc) is 3.46. The summed E-state index contributed by atoms with van der Waals surface area (Å²) in [6.45, 7) is 2.23. The van der Waals surface area contributed by atoms with Crippen LogP contribution in [0, 0.1) is 6.92 Å². The van der Waals surface area contributed by atoms with Crippen LogP contribution in [-0.2, 0) is 21.3 Å². The molecule has 1 aliphatic heterocycles. The molecule has 3 aliphatic rings. The van der Waals surface area contributed by atoms with Crippen LogP contribution >= 0.6 is 0 Å². The van der Waals surface area contributed by atoms with Crippen molar-refractivity contribution < 1.29 is 23.0 Å². The maximum atomic E-state index is 13.2. The lowest BCUT2D eigenvalue weighted by atomic mass is 9.93. The number of nitrogens with one attached hydrogen (secondary N) is 1. The van der Waals surface area contributed by atoms with E-state index in [0.717, 1.165) is 40.8 Å². The van der Waals surface area contributed by atoms with Gasteiger partial charge in [-0.15, -0.1) is 0 Å². The maximum Gasteiger partial charge on any atom is 0.235 e. The van der Waals surface area contributed by atoms with E-state index >= 15 is 0 Å². The molecule has 2 aromatic rings. The molecule has 2 aromatic carbocycles. The van der Waals surface area contributed by atoms with Crippen LogP contribution in [0.4, 0.5) is 5.69 Å². The highest BCUT2D eigenvalue weighted by atomic mass is 32.2. The molecule has 31 heavy (non-hydrogen) atoms. The predicted octanol–water partition coefficient (Wildman–Crippen LogP) is 4.33. The third-order valence-electron chi connectivity index (χ3n) is 6.24. The van der Waals surface area contributed by atoms with Gasteiger partial charge in [0.15, 0.2) is 22.6 Å². The fraction of sp³-hybridized carbons (Fsp3) is 0.292. The lowest BCUT2D eigenvalue weighted by molar-refractivity contribution is -0.118. The first-order valence-corrected chi connectivity index (χ1v) is 11.4. The molecule has 2 atom stereocenters. The summed E-state index contributed by atoms with van der Waals surface area (Å²) in [6.07, 6.45) is 7.73. The normalized spacial score (nSPS) is 21.4. The van der Waals surface area contributed by atoms with Crippen molar-refractivity contribution in [3.8, 4) is 11.5 Å². The van der Waals surface area contributed by atoms with E-state index in [-0.39, 0.29) is 18.0 Å². The quantitative estimate of drug-likeness (QED) is 0.681. The third-order valence-corrected chi connectivity index (χ3v) is 7.10. The number of aryl methyl sites for hydroxylation is 1. The highest BCUT2D eigenvalue weighted by molar-refractivity contribution is 7.80. The van der Waals surface area contributed by atoms with E-state index in [2.05, 4.69) is 5.32 Å². The van der Waals surface area contributed by atoms with Gasteiger partial charge in [-0.05, 0) is 72.7 Å². The van der Waals surface area contributed by atoms with Gasteiger partial charge in [0.2, 0.25) is 12.7 Å². The number of amides is 1. The number of fused-ring (bicyclic) bond motifs is 1. The number of allylic oxidation sites excluding steroid dienone is 3. The Kier molecular flexibility index (Phi) is 4.95. The zero-order valence-corrected chi connectivity index (χ0v) is 17.9. The topological polar surface area (TPSA) is 84.9 Å². The number of rotatable bonds is 5. The van der Waals surface area contributed by atoms with E-state index in [0.29, 0.717) is 17.9 Å². The number of benzene rings is 2. The van der Waals surface area contributed by atoms with Crippen molar-refractivity contribution in [1.82, 2.24) is 0 Å². The van der Waals surface area contributed by atoms with Gasteiger partial charge in [-0.3, -0.25) is 4.79 Å². The van der Waals surface area contributed by atoms with E-state index in [4.69, 9.17) is 9.47 Å². The van der Waals surface area contributed by atoms with Crippen LogP contribution in [-0.4, -0.2) is 26.7 Å². The van der Waals surface area contributed by atoms with E-state index in [1.54, 1.807) is 6.08 Å². The molecule has 160 valence electrons. The SMILES string of the molecule is Cc1ccc(NC(=O)C2(c3ccc4c(c3)OCO4)CC2)cc1C1=CCC(S(=O)O)C=C1. The summed E-state index contributed by atoms with van der Waals surface area (Å²) in [6, 6.07) is 11.6. The molecule has 2 aliphatic carbocycles. The second-order valence-electron chi connectivity index (χ2n) is 8.20. The molecule has 7 heteroatoms. The van der Waals surface area contributed by atoms with Gasteiger partial charge in [0.25, 0.3) is 0 Å². The molecule has 0 aromatic heterocycles. The van der Waals surface area contributed by atoms with Crippen molar-refractivity contribution in [2.75, 3.05) is 12.1 Å². The molecular formula is C24H23NO5S. The Morgan fingerprint density at radius 1 is 1.16 bits per heavy atom. The monoisotopic (exact) mass is 437 g/mol. The lowest BCUT2D eigenvalue weighted by Gasteiger charge is -2.18. The predicted molar refractivity (Wildman–Crippen MR) is 120 cm³/mol. The Balaban J connectivity index is 1.36. The molecule has 0 spiro atoms. The number of hydrogen-bond donors (Lipinski definition) is 2. The van der Waals surface area contributed by atoms with Crippen LogP contribution in [0.3, 0.4) is 0 Å². The summed E-state index contributed by atoms with van der Waals surface area (Å²) in [5, 5.41) is 2.72. The minimum atomic E-state index is -1.87. The van der Waals surface area contributed by atoms with Crippen molar-refractivity contribution in [2.45, 2.75) is 36.9 Å². The maximum absolute atomic E-state index is 13.2. The van der Waals surface area contributed by atoms with Crippen molar-refractivity contribution in [2.24, 2.45) is 0 Å². The van der Waals surface area contributed by atoms with Crippen LogP contribution in [0.25, 0.3) is 5.57 Å². The van der Waals surface area contributed by atoms with Gasteiger partial charge in [-0.25, -0.2) is 4.21 Å². The van der Waals surface area contributed by atoms with E-state index < -0.39 is 16.5 Å². The number of hydrogen-bond acceptors (Lipinski definition) is 4. The van der Waals surface area contributed by atoms with E-state index in [1.165, 1.54) is 0 Å². The molecule has 1 fully saturated rings. The summed E-state index contributed by atoms with van der Waals surface area (Å²) >= 11 is -1.87. The molecule has 1 heterocycles. The molecule has 2 N–H and O–H groups in total. The van der Waals surface area contributed by atoms with E-state index in [9.17, 15) is 13.6 Å². The van der Waals surface area contributed by atoms with Crippen LogP contribution in [0.1, 0.15) is 36.0 Å². The molecule has 0 saturated heterocycles. The smallest absolute Gasteiger partial charge is 0.235 e. The molecule has 0 radical (unpaired) electrons. The molecule has 2 unspecified atom stereocenters. The van der Waals surface area contributed by atoms with Crippen molar-refractivity contribution in [1.29, 1.82) is 0 Å². The summed E-state index contributed by atoms with van der Waals surface area (Å²) in [5.41, 5.74) is 4.22. The van der Waals surface area contributed by atoms with Crippen LogP contribution < -0.4 is 14.8 Å². The second-order valence-corrected chi connectivity index (χ2v) is 9.36. The lowest BCUT2D eigenvalue weighted by Crippen LogP contribution is -2.27. The van der Waals surface area contributed by atoms with Crippen LogP contribution in [0.5, 0.6) is 11.5 Å². The Morgan fingerprint density at radius 2 is 1.97 bits per heavy atom.